The first-order chi connectivity index (χ1) is 13.7. The summed E-state index contributed by atoms with van der Waals surface area (Å²) in [6, 6.07) is 23.8. The topological polar surface area (TPSA) is 41.6 Å². The van der Waals surface area contributed by atoms with Gasteiger partial charge in [-0.1, -0.05) is 43.3 Å². The molecule has 0 saturated carbocycles. The second kappa shape index (κ2) is 7.77. The molecular formula is C24H24N2O2. The number of benzene rings is 3. The number of hydrogen-bond acceptors (Lipinski definition) is 3. The molecule has 0 unspecified atom stereocenters. The minimum Gasteiger partial charge on any atom is -0.494 e. The fourth-order valence-electron chi connectivity index (χ4n) is 3.71. The first-order valence-corrected chi connectivity index (χ1v) is 9.72. The number of nitrogens with one attached hydrogen (secondary N) is 1. The van der Waals surface area contributed by atoms with E-state index in [1.54, 1.807) is 0 Å². The molecule has 1 heterocycles. The summed E-state index contributed by atoms with van der Waals surface area (Å²) in [6.45, 7) is 4.71. The Labute approximate surface area is 165 Å². The van der Waals surface area contributed by atoms with Crippen molar-refractivity contribution in [3.8, 4) is 5.75 Å². The number of nitrogens with zero attached hydrogens (tertiary/aromatic N) is 1. The maximum absolute atomic E-state index is 13.2. The maximum atomic E-state index is 13.2. The summed E-state index contributed by atoms with van der Waals surface area (Å²) in [6.07, 6.45) is 0.670. The van der Waals surface area contributed by atoms with Gasteiger partial charge in [0.25, 0.3) is 5.91 Å². The molecule has 1 atom stereocenters. The standard InChI is InChI=1S/C24H24N2O2/c1-3-17-9-5-8-12-22(17)25-23-20-10-6-7-11-21(20)24(27)26(23)18-13-15-19(16-14-18)28-4-2/h5-16,23,25H,3-4H2,1-2H3/t23-/m1/s1. The Morgan fingerprint density at radius 1 is 0.929 bits per heavy atom. The van der Waals surface area contributed by atoms with Gasteiger partial charge >= 0.3 is 0 Å². The zero-order valence-corrected chi connectivity index (χ0v) is 16.2. The highest BCUT2D eigenvalue weighted by Gasteiger charge is 2.37. The van der Waals surface area contributed by atoms with Crippen LogP contribution in [0.5, 0.6) is 5.75 Å². The summed E-state index contributed by atoms with van der Waals surface area (Å²) >= 11 is 0. The summed E-state index contributed by atoms with van der Waals surface area (Å²) in [5, 5.41) is 3.61. The third-order valence-electron chi connectivity index (χ3n) is 5.08. The van der Waals surface area contributed by atoms with Gasteiger partial charge in [0.2, 0.25) is 0 Å². The number of carbonyl (C=O) groups is 1. The van der Waals surface area contributed by atoms with Crippen LogP contribution in [-0.2, 0) is 6.42 Å². The van der Waals surface area contributed by atoms with Crippen LogP contribution in [0.15, 0.2) is 72.8 Å². The van der Waals surface area contributed by atoms with Crippen LogP contribution in [0.3, 0.4) is 0 Å². The van der Waals surface area contributed by atoms with Crippen LogP contribution >= 0.6 is 0 Å². The molecule has 0 spiro atoms. The molecule has 1 N–H and O–H groups in total. The van der Waals surface area contributed by atoms with Crippen molar-refractivity contribution in [3.05, 3.63) is 89.5 Å². The van der Waals surface area contributed by atoms with Crippen molar-refractivity contribution >= 4 is 17.3 Å². The number of carbonyl (C=O) groups excluding carboxylic acids is 1. The van der Waals surface area contributed by atoms with Crippen LogP contribution in [0.2, 0.25) is 0 Å². The van der Waals surface area contributed by atoms with Crippen molar-refractivity contribution in [1.82, 2.24) is 0 Å². The van der Waals surface area contributed by atoms with Crippen molar-refractivity contribution < 1.29 is 9.53 Å². The second-order valence-corrected chi connectivity index (χ2v) is 6.75. The smallest absolute Gasteiger partial charge is 0.260 e. The van der Waals surface area contributed by atoms with Gasteiger partial charge in [-0.3, -0.25) is 9.69 Å². The first-order valence-electron chi connectivity index (χ1n) is 9.72. The van der Waals surface area contributed by atoms with Gasteiger partial charge in [-0.25, -0.2) is 0 Å². The molecule has 0 fully saturated rings. The summed E-state index contributed by atoms with van der Waals surface area (Å²) in [4.78, 5) is 15.0. The quantitative estimate of drug-likeness (QED) is 0.628. The second-order valence-electron chi connectivity index (χ2n) is 6.75. The molecule has 1 aliphatic rings. The first kappa shape index (κ1) is 18.1. The van der Waals surface area contributed by atoms with Crippen LogP contribution in [-0.4, -0.2) is 12.5 Å². The molecule has 0 bridgehead atoms. The zero-order chi connectivity index (χ0) is 19.5. The lowest BCUT2D eigenvalue weighted by molar-refractivity contribution is 0.0993. The van der Waals surface area contributed by atoms with Gasteiger partial charge in [-0.2, -0.15) is 0 Å². The molecule has 3 aromatic carbocycles. The van der Waals surface area contributed by atoms with E-state index in [2.05, 4.69) is 24.4 Å². The van der Waals surface area contributed by atoms with Crippen LogP contribution in [0.4, 0.5) is 11.4 Å². The minimum atomic E-state index is -0.255. The van der Waals surface area contributed by atoms with E-state index >= 15 is 0 Å². The minimum absolute atomic E-state index is 0.00578. The van der Waals surface area contributed by atoms with Gasteiger partial charge in [0.15, 0.2) is 0 Å². The van der Waals surface area contributed by atoms with Gasteiger partial charge in [-0.05, 0) is 55.3 Å². The third-order valence-corrected chi connectivity index (χ3v) is 5.08. The van der Waals surface area contributed by atoms with E-state index in [0.717, 1.165) is 34.7 Å². The van der Waals surface area contributed by atoms with Gasteiger partial charge in [0.1, 0.15) is 11.9 Å². The van der Waals surface area contributed by atoms with Crippen LogP contribution in [0.1, 0.15) is 41.5 Å². The Morgan fingerprint density at radius 3 is 2.39 bits per heavy atom. The molecule has 0 aromatic heterocycles. The normalized spacial score (nSPS) is 15.4. The number of aryl methyl sites for hydroxylation is 1. The molecule has 3 aromatic rings. The number of para-hydroxylation sites is 1. The van der Waals surface area contributed by atoms with E-state index in [-0.39, 0.29) is 12.1 Å². The molecule has 0 radical (unpaired) electrons. The molecule has 1 amide bonds. The van der Waals surface area contributed by atoms with Crippen molar-refractivity contribution in [3.63, 3.8) is 0 Å². The number of fused-ring (bicyclic) bond motifs is 1. The third kappa shape index (κ3) is 3.22. The van der Waals surface area contributed by atoms with Gasteiger partial charge in [0.05, 0.1) is 6.61 Å². The maximum Gasteiger partial charge on any atom is 0.260 e. The summed E-state index contributed by atoms with van der Waals surface area (Å²) < 4.78 is 5.55. The largest absolute Gasteiger partial charge is 0.494 e. The molecular weight excluding hydrogens is 348 g/mol. The molecule has 142 valence electrons. The van der Waals surface area contributed by atoms with Crippen LogP contribution in [0, 0.1) is 0 Å². The number of rotatable bonds is 6. The Kier molecular flexibility index (Phi) is 5.02. The lowest BCUT2D eigenvalue weighted by Gasteiger charge is -2.28. The van der Waals surface area contributed by atoms with E-state index in [0.29, 0.717) is 6.61 Å². The molecule has 0 saturated heterocycles. The van der Waals surface area contributed by atoms with Gasteiger partial charge in [0, 0.05) is 22.5 Å². The van der Waals surface area contributed by atoms with E-state index in [1.165, 1.54) is 5.56 Å². The Hall–Kier alpha value is -3.27. The lowest BCUT2D eigenvalue weighted by atomic mass is 10.1. The van der Waals surface area contributed by atoms with Gasteiger partial charge in [-0.15, -0.1) is 0 Å². The highest BCUT2D eigenvalue weighted by Crippen LogP contribution is 2.39. The highest BCUT2D eigenvalue weighted by molar-refractivity contribution is 6.11. The fourth-order valence-corrected chi connectivity index (χ4v) is 3.71. The highest BCUT2D eigenvalue weighted by atomic mass is 16.5. The Morgan fingerprint density at radius 2 is 1.64 bits per heavy atom. The molecule has 4 heteroatoms. The van der Waals surface area contributed by atoms with Crippen LogP contribution < -0.4 is 15.0 Å². The fraction of sp³-hybridized carbons (Fsp3) is 0.208. The lowest BCUT2D eigenvalue weighted by Crippen LogP contribution is -2.32. The summed E-state index contributed by atoms with van der Waals surface area (Å²) in [5.74, 6) is 0.808. The Balaban J connectivity index is 1.74. The van der Waals surface area contributed by atoms with Gasteiger partial charge < -0.3 is 10.1 Å². The summed E-state index contributed by atoms with van der Waals surface area (Å²) in [5.41, 5.74) is 4.85. The molecule has 4 nitrogen and oxygen atoms in total. The van der Waals surface area contributed by atoms with Crippen molar-refractivity contribution in [2.75, 3.05) is 16.8 Å². The van der Waals surface area contributed by atoms with Crippen molar-refractivity contribution in [1.29, 1.82) is 0 Å². The predicted octanol–water partition coefficient (Wildman–Crippen LogP) is 5.42. The molecule has 0 aliphatic carbocycles. The summed E-state index contributed by atoms with van der Waals surface area (Å²) in [7, 11) is 0. The number of ether oxygens (including phenoxy) is 1. The molecule has 4 rings (SSSR count). The van der Waals surface area contributed by atoms with E-state index in [9.17, 15) is 4.79 Å². The average Bonchev–Trinajstić information content (AvgIpc) is 3.01. The van der Waals surface area contributed by atoms with E-state index in [4.69, 9.17) is 4.74 Å². The zero-order valence-electron chi connectivity index (χ0n) is 16.2. The number of amides is 1. The SMILES string of the molecule is CCOc1ccc(N2C(=O)c3ccccc3[C@@H]2Nc2ccccc2CC)cc1. The monoisotopic (exact) mass is 372 g/mol. The molecule has 1 aliphatic heterocycles. The number of hydrogen-bond donors (Lipinski definition) is 1. The van der Waals surface area contributed by atoms with E-state index < -0.39 is 0 Å². The van der Waals surface area contributed by atoms with Crippen LogP contribution in [0.25, 0.3) is 0 Å². The van der Waals surface area contributed by atoms with E-state index in [1.807, 2.05) is 72.5 Å². The Bertz CT molecular complexity index is 982. The molecule has 28 heavy (non-hydrogen) atoms. The van der Waals surface area contributed by atoms with Crippen molar-refractivity contribution in [2.24, 2.45) is 0 Å². The predicted molar refractivity (Wildman–Crippen MR) is 113 cm³/mol. The number of anilines is 2. The average molecular weight is 372 g/mol. The van der Waals surface area contributed by atoms with Crippen molar-refractivity contribution in [2.45, 2.75) is 26.4 Å².